The average molecular weight is 309 g/mol. The first-order chi connectivity index (χ1) is 11.1. The highest BCUT2D eigenvalue weighted by Crippen LogP contribution is 2.21. The number of hydrogen-bond donors (Lipinski definition) is 2. The number of amides is 1. The van der Waals surface area contributed by atoms with Crippen LogP contribution in [0.1, 0.15) is 23.2 Å². The molecular formula is C17H19N5O. The Morgan fingerprint density at radius 3 is 2.78 bits per heavy atom. The molecule has 2 aromatic rings. The Morgan fingerprint density at radius 1 is 1.48 bits per heavy atom. The van der Waals surface area contributed by atoms with Gasteiger partial charge in [0.2, 0.25) is 5.91 Å². The Labute approximate surface area is 135 Å². The smallest absolute Gasteiger partial charge is 0.243 e. The Balaban J connectivity index is 2.16. The molecule has 0 radical (unpaired) electrons. The predicted octanol–water partition coefficient (Wildman–Crippen LogP) is 1.87. The maximum Gasteiger partial charge on any atom is 0.243 e. The van der Waals surface area contributed by atoms with Gasteiger partial charge in [-0.3, -0.25) is 4.79 Å². The minimum atomic E-state index is -0.213. The second-order valence-electron chi connectivity index (χ2n) is 5.16. The number of carbonyl (C=O) groups excluding carboxylic acids is 1. The Bertz CT molecular complexity index is 753. The van der Waals surface area contributed by atoms with Crippen molar-refractivity contribution in [3.8, 4) is 11.8 Å². The van der Waals surface area contributed by atoms with E-state index in [0.29, 0.717) is 36.5 Å². The maximum atomic E-state index is 11.1. The minimum absolute atomic E-state index is 0.213. The lowest BCUT2D eigenvalue weighted by Crippen LogP contribution is -2.22. The minimum Gasteiger partial charge on any atom is -0.382 e. The van der Waals surface area contributed by atoms with Crippen LogP contribution in [-0.4, -0.2) is 22.2 Å². The van der Waals surface area contributed by atoms with Gasteiger partial charge in [-0.15, -0.1) is 0 Å². The van der Waals surface area contributed by atoms with Crippen LogP contribution in [0.4, 0.5) is 5.82 Å². The van der Waals surface area contributed by atoms with Gasteiger partial charge in [0.1, 0.15) is 17.5 Å². The van der Waals surface area contributed by atoms with Crippen molar-refractivity contribution in [2.45, 2.75) is 19.8 Å². The molecule has 1 aromatic heterocycles. The van der Waals surface area contributed by atoms with Crippen LogP contribution in [-0.2, 0) is 11.2 Å². The number of nitrogen functional groups attached to an aromatic ring is 1. The van der Waals surface area contributed by atoms with Gasteiger partial charge in [-0.05, 0) is 38.0 Å². The number of nitrogens with two attached hydrogens (primary N) is 1. The number of hydrogen-bond acceptors (Lipinski definition) is 4. The lowest BCUT2D eigenvalue weighted by molar-refractivity contribution is -0.116. The summed E-state index contributed by atoms with van der Waals surface area (Å²) in [5, 5.41) is 16.5. The highest BCUT2D eigenvalue weighted by atomic mass is 16.1. The van der Waals surface area contributed by atoms with Crippen LogP contribution in [0.25, 0.3) is 5.69 Å². The van der Waals surface area contributed by atoms with Gasteiger partial charge < -0.3 is 11.1 Å². The second kappa shape index (κ2) is 7.27. The fourth-order valence-electron chi connectivity index (χ4n) is 2.20. The van der Waals surface area contributed by atoms with Crippen molar-refractivity contribution in [3.63, 3.8) is 0 Å². The molecule has 23 heavy (non-hydrogen) atoms. The van der Waals surface area contributed by atoms with E-state index in [2.05, 4.69) is 23.1 Å². The van der Waals surface area contributed by atoms with Gasteiger partial charge in [0.05, 0.1) is 11.4 Å². The summed E-state index contributed by atoms with van der Waals surface area (Å²) >= 11 is 0. The highest BCUT2D eigenvalue weighted by molar-refractivity contribution is 5.86. The van der Waals surface area contributed by atoms with Crippen molar-refractivity contribution in [2.24, 2.45) is 0 Å². The topological polar surface area (TPSA) is 96.7 Å². The summed E-state index contributed by atoms with van der Waals surface area (Å²) in [4.78, 5) is 11.1. The quantitative estimate of drug-likeness (QED) is 0.629. The summed E-state index contributed by atoms with van der Waals surface area (Å²) < 4.78 is 1.58. The van der Waals surface area contributed by atoms with Crippen LogP contribution >= 0.6 is 0 Å². The van der Waals surface area contributed by atoms with Gasteiger partial charge in [-0.1, -0.05) is 24.3 Å². The van der Waals surface area contributed by atoms with E-state index in [-0.39, 0.29) is 5.91 Å². The van der Waals surface area contributed by atoms with Crippen LogP contribution in [0.2, 0.25) is 0 Å². The molecule has 0 saturated heterocycles. The van der Waals surface area contributed by atoms with Crippen molar-refractivity contribution in [2.75, 3.05) is 12.3 Å². The van der Waals surface area contributed by atoms with Gasteiger partial charge in [0.25, 0.3) is 0 Å². The van der Waals surface area contributed by atoms with Crippen molar-refractivity contribution < 1.29 is 4.79 Å². The summed E-state index contributed by atoms with van der Waals surface area (Å²) in [7, 11) is 0. The number of benzene rings is 1. The number of anilines is 1. The molecule has 1 aromatic carbocycles. The molecule has 6 heteroatoms. The third kappa shape index (κ3) is 3.77. The van der Waals surface area contributed by atoms with Crippen LogP contribution < -0.4 is 11.1 Å². The summed E-state index contributed by atoms with van der Waals surface area (Å²) in [5.74, 6) is 0.122. The zero-order valence-electron chi connectivity index (χ0n) is 13.0. The summed E-state index contributed by atoms with van der Waals surface area (Å²) in [6.07, 6.45) is 2.45. The fourth-order valence-corrected chi connectivity index (χ4v) is 2.20. The van der Waals surface area contributed by atoms with Gasteiger partial charge in [-0.2, -0.15) is 10.4 Å². The molecule has 1 heterocycles. The Kier molecular flexibility index (Phi) is 5.15. The lowest BCUT2D eigenvalue weighted by atomic mass is 10.1. The number of nitrogens with one attached hydrogen (secondary N) is 1. The van der Waals surface area contributed by atoms with Crippen molar-refractivity contribution in [3.05, 3.63) is 53.7 Å². The van der Waals surface area contributed by atoms with E-state index in [1.54, 1.807) is 4.68 Å². The van der Waals surface area contributed by atoms with E-state index in [0.717, 1.165) is 11.3 Å². The highest BCUT2D eigenvalue weighted by Gasteiger charge is 2.16. The summed E-state index contributed by atoms with van der Waals surface area (Å²) in [6.45, 7) is 5.89. The Hall–Kier alpha value is -3.07. The van der Waals surface area contributed by atoms with E-state index in [1.807, 2.05) is 31.2 Å². The number of rotatable bonds is 6. The molecule has 0 bridgehead atoms. The van der Waals surface area contributed by atoms with Crippen LogP contribution in [0.5, 0.6) is 0 Å². The molecule has 6 nitrogen and oxygen atoms in total. The first-order valence-electron chi connectivity index (χ1n) is 7.31. The molecule has 0 atom stereocenters. The first-order valence-corrected chi connectivity index (χ1v) is 7.31. The molecule has 0 spiro atoms. The van der Waals surface area contributed by atoms with E-state index < -0.39 is 0 Å². The van der Waals surface area contributed by atoms with Crippen LogP contribution in [0.15, 0.2) is 36.9 Å². The first kappa shape index (κ1) is 16.3. The molecule has 1 amide bonds. The molecule has 2 rings (SSSR count). The maximum absolute atomic E-state index is 11.1. The molecule has 118 valence electrons. The number of aromatic nitrogens is 2. The SMILES string of the molecule is C=CC(=O)NCCCc1nn(-c2ccc(C)cc2)c(N)c1C#N. The standard InChI is InChI=1S/C17H19N5O/c1-3-16(23)20-10-4-5-15-14(11-18)17(19)22(21-15)13-8-6-12(2)7-9-13/h3,6-9H,1,4-5,10,19H2,2H3,(H,20,23). The molecular weight excluding hydrogens is 290 g/mol. The fraction of sp³-hybridized carbons (Fsp3) is 0.235. The van der Waals surface area contributed by atoms with Crippen molar-refractivity contribution in [1.29, 1.82) is 5.26 Å². The van der Waals surface area contributed by atoms with Crippen molar-refractivity contribution in [1.82, 2.24) is 15.1 Å². The predicted molar refractivity (Wildman–Crippen MR) is 89.0 cm³/mol. The third-order valence-corrected chi connectivity index (χ3v) is 3.46. The normalized spacial score (nSPS) is 10.1. The second-order valence-corrected chi connectivity index (χ2v) is 5.16. The summed E-state index contributed by atoms with van der Waals surface area (Å²) in [5.41, 5.74) is 9.03. The van der Waals surface area contributed by atoms with E-state index >= 15 is 0 Å². The van der Waals surface area contributed by atoms with E-state index in [9.17, 15) is 10.1 Å². The molecule has 0 aliphatic heterocycles. The Morgan fingerprint density at radius 2 is 2.17 bits per heavy atom. The number of nitrogens with zero attached hydrogens (tertiary/aromatic N) is 3. The lowest BCUT2D eigenvalue weighted by Gasteiger charge is -2.04. The molecule has 0 aliphatic rings. The van der Waals surface area contributed by atoms with Crippen molar-refractivity contribution >= 4 is 11.7 Å². The number of carbonyl (C=O) groups is 1. The van der Waals surface area contributed by atoms with Crippen LogP contribution in [0.3, 0.4) is 0 Å². The van der Waals surface area contributed by atoms with Gasteiger partial charge in [0.15, 0.2) is 0 Å². The molecule has 0 aliphatic carbocycles. The monoisotopic (exact) mass is 309 g/mol. The molecule has 0 saturated carbocycles. The number of nitriles is 1. The zero-order chi connectivity index (χ0) is 16.8. The van der Waals surface area contributed by atoms with E-state index in [4.69, 9.17) is 5.73 Å². The molecule has 0 unspecified atom stereocenters. The molecule has 3 N–H and O–H groups in total. The zero-order valence-corrected chi connectivity index (χ0v) is 13.0. The van der Waals surface area contributed by atoms with Gasteiger partial charge in [0, 0.05) is 6.54 Å². The average Bonchev–Trinajstić information content (AvgIpc) is 2.87. The number of aryl methyl sites for hydroxylation is 2. The third-order valence-electron chi connectivity index (χ3n) is 3.46. The molecule has 0 fully saturated rings. The van der Waals surface area contributed by atoms with Gasteiger partial charge >= 0.3 is 0 Å². The van der Waals surface area contributed by atoms with Gasteiger partial charge in [-0.25, -0.2) is 4.68 Å². The largest absolute Gasteiger partial charge is 0.382 e. The summed E-state index contributed by atoms with van der Waals surface area (Å²) in [6, 6.07) is 9.87. The van der Waals surface area contributed by atoms with E-state index in [1.165, 1.54) is 6.08 Å². The van der Waals surface area contributed by atoms with Crippen LogP contribution in [0, 0.1) is 18.3 Å².